The zero-order chi connectivity index (χ0) is 9.23. The van der Waals surface area contributed by atoms with Crippen LogP contribution >= 0.6 is 0 Å². The quantitative estimate of drug-likeness (QED) is 0.502. The highest BCUT2D eigenvalue weighted by atomic mass is 79.9. The average molecular weight is 244 g/mol. The van der Waals surface area contributed by atoms with Crippen LogP contribution in [0.25, 0.3) is 0 Å². The number of rotatable bonds is 3. The summed E-state index contributed by atoms with van der Waals surface area (Å²) in [5.74, 6) is 0. The maximum Gasteiger partial charge on any atom is 0.168 e. The van der Waals surface area contributed by atoms with E-state index >= 15 is 0 Å². The van der Waals surface area contributed by atoms with Gasteiger partial charge in [-0.1, -0.05) is 19.4 Å². The smallest absolute Gasteiger partial charge is 0.168 e. The molecule has 1 heterocycles. The number of unbranched alkanes of at least 4 members (excludes halogenated alkanes) is 1. The molecule has 0 fully saturated rings. The van der Waals surface area contributed by atoms with Crippen molar-refractivity contribution in [3.8, 4) is 0 Å². The number of hydrogen-bond donors (Lipinski definition) is 0. The Morgan fingerprint density at radius 1 is 1.08 bits per heavy atom. The zero-order valence-electron chi connectivity index (χ0n) is 8.25. The van der Waals surface area contributed by atoms with Crippen LogP contribution in [0.1, 0.15) is 19.8 Å². The normalized spacial score (nSPS) is 7.77. The summed E-state index contributed by atoms with van der Waals surface area (Å²) >= 11 is 0. The molecule has 0 aliphatic rings. The number of aromatic nitrogens is 1. The van der Waals surface area contributed by atoms with Crippen molar-refractivity contribution in [2.24, 2.45) is 0 Å². The van der Waals surface area contributed by atoms with E-state index in [0.717, 1.165) is 6.54 Å². The Bertz CT molecular complexity index is 187. The van der Waals surface area contributed by atoms with Crippen LogP contribution in [0.2, 0.25) is 0 Å². The van der Waals surface area contributed by atoms with E-state index in [2.05, 4.69) is 49.2 Å². The van der Waals surface area contributed by atoms with Gasteiger partial charge in [-0.25, -0.2) is 4.57 Å². The topological polar surface area (TPSA) is 3.88 Å². The molecule has 0 aliphatic carbocycles. The van der Waals surface area contributed by atoms with Crippen molar-refractivity contribution >= 4 is 0 Å². The largest absolute Gasteiger partial charge is 1.00 e. The molecular formula is C11H18BrN. The molecule has 0 saturated heterocycles. The molecule has 1 aromatic rings. The van der Waals surface area contributed by atoms with E-state index in [-0.39, 0.29) is 17.0 Å². The first-order valence-corrected chi connectivity index (χ1v) is 4.37. The van der Waals surface area contributed by atoms with Gasteiger partial charge in [0.2, 0.25) is 0 Å². The van der Waals surface area contributed by atoms with Gasteiger partial charge in [-0.3, -0.25) is 0 Å². The van der Waals surface area contributed by atoms with E-state index in [1.54, 1.807) is 0 Å². The number of halogens is 1. The Morgan fingerprint density at radius 3 is 2.08 bits per heavy atom. The highest BCUT2D eigenvalue weighted by Gasteiger charge is 1.93. The molecule has 0 N–H and O–H groups in total. The number of hydrogen-bond acceptors (Lipinski definition) is 0. The minimum absolute atomic E-state index is 0. The fourth-order valence-corrected chi connectivity index (χ4v) is 0.924. The predicted octanol–water partition coefficient (Wildman–Crippen LogP) is -0.420. The highest BCUT2D eigenvalue weighted by molar-refractivity contribution is 4.83. The summed E-state index contributed by atoms with van der Waals surface area (Å²) < 4.78 is 2.21. The Morgan fingerprint density at radius 2 is 1.62 bits per heavy atom. The summed E-state index contributed by atoms with van der Waals surface area (Å²) in [4.78, 5) is 0. The van der Waals surface area contributed by atoms with Gasteiger partial charge in [-0.15, -0.1) is 13.2 Å². The Kier molecular flexibility index (Phi) is 13.0. The van der Waals surface area contributed by atoms with E-state index in [1.807, 2.05) is 6.07 Å². The van der Waals surface area contributed by atoms with Crippen molar-refractivity contribution in [1.29, 1.82) is 0 Å². The summed E-state index contributed by atoms with van der Waals surface area (Å²) in [7, 11) is 0. The maximum atomic E-state index is 3.00. The summed E-state index contributed by atoms with van der Waals surface area (Å²) in [5, 5.41) is 0. The lowest BCUT2D eigenvalue weighted by molar-refractivity contribution is -0.697. The van der Waals surface area contributed by atoms with Crippen molar-refractivity contribution in [2.75, 3.05) is 0 Å². The van der Waals surface area contributed by atoms with Crippen LogP contribution in [0, 0.1) is 0 Å². The zero-order valence-corrected chi connectivity index (χ0v) is 9.83. The van der Waals surface area contributed by atoms with Gasteiger partial charge in [-0.2, -0.15) is 0 Å². The lowest BCUT2D eigenvalue weighted by atomic mass is 10.3. The molecule has 0 atom stereocenters. The fraction of sp³-hybridized carbons (Fsp3) is 0.364. The summed E-state index contributed by atoms with van der Waals surface area (Å²) in [5.41, 5.74) is 0. The predicted molar refractivity (Wildman–Crippen MR) is 52.8 cm³/mol. The molecule has 1 rings (SSSR count). The summed E-state index contributed by atoms with van der Waals surface area (Å²) in [6, 6.07) is 6.17. The first-order valence-electron chi connectivity index (χ1n) is 4.37. The second-order valence-corrected chi connectivity index (χ2v) is 2.47. The average Bonchev–Trinajstić information content (AvgIpc) is 2.19. The maximum absolute atomic E-state index is 3.00. The molecule has 13 heavy (non-hydrogen) atoms. The van der Waals surface area contributed by atoms with E-state index in [1.165, 1.54) is 12.8 Å². The molecule has 1 aromatic heterocycles. The van der Waals surface area contributed by atoms with Crippen LogP contribution in [-0.2, 0) is 6.54 Å². The molecule has 2 heteroatoms. The van der Waals surface area contributed by atoms with Crippen molar-refractivity contribution in [2.45, 2.75) is 26.3 Å². The van der Waals surface area contributed by atoms with E-state index in [4.69, 9.17) is 0 Å². The SMILES string of the molecule is C=C.CCCC[n+]1ccccc1.[Br-]. The Hall–Kier alpha value is -0.630. The standard InChI is InChI=1S/C9H14N.C2H4.BrH/c1-2-3-7-10-8-5-4-6-9-10;1-2;/h4-6,8-9H,2-3,7H2,1H3;1-2H2;1H/q+1;;/p-1. The first-order chi connectivity index (χ1) is 5.93. The van der Waals surface area contributed by atoms with Crippen molar-refractivity contribution < 1.29 is 21.5 Å². The molecule has 0 unspecified atom stereocenters. The first kappa shape index (κ1) is 14.9. The molecule has 0 radical (unpaired) electrons. The molecule has 1 nitrogen and oxygen atoms in total. The second-order valence-electron chi connectivity index (χ2n) is 2.47. The molecule has 0 amide bonds. The number of nitrogens with zero attached hydrogens (tertiary/aromatic N) is 1. The highest BCUT2D eigenvalue weighted by Crippen LogP contribution is 1.85. The number of aryl methyl sites for hydroxylation is 1. The van der Waals surface area contributed by atoms with Crippen LogP contribution in [-0.4, -0.2) is 0 Å². The third-order valence-corrected chi connectivity index (χ3v) is 1.55. The van der Waals surface area contributed by atoms with E-state index in [9.17, 15) is 0 Å². The van der Waals surface area contributed by atoms with Crippen LogP contribution < -0.4 is 21.5 Å². The minimum atomic E-state index is 0. The summed E-state index contributed by atoms with van der Waals surface area (Å²) in [6.07, 6.45) is 6.75. The van der Waals surface area contributed by atoms with Gasteiger partial charge in [0.1, 0.15) is 6.54 Å². The van der Waals surface area contributed by atoms with Crippen LogP contribution in [0.5, 0.6) is 0 Å². The van der Waals surface area contributed by atoms with Gasteiger partial charge < -0.3 is 17.0 Å². The van der Waals surface area contributed by atoms with Gasteiger partial charge in [-0.05, 0) is 0 Å². The van der Waals surface area contributed by atoms with Crippen molar-refractivity contribution in [1.82, 2.24) is 0 Å². The number of pyridine rings is 1. The van der Waals surface area contributed by atoms with Crippen LogP contribution in [0.15, 0.2) is 43.8 Å². The second kappa shape index (κ2) is 11.4. The van der Waals surface area contributed by atoms with E-state index in [0.29, 0.717) is 0 Å². The Balaban J connectivity index is 0. The molecule has 0 saturated carbocycles. The van der Waals surface area contributed by atoms with Gasteiger partial charge in [0.25, 0.3) is 0 Å². The molecular weight excluding hydrogens is 226 g/mol. The van der Waals surface area contributed by atoms with Crippen LogP contribution in [0.4, 0.5) is 0 Å². The van der Waals surface area contributed by atoms with Gasteiger partial charge in [0.15, 0.2) is 12.4 Å². The van der Waals surface area contributed by atoms with Gasteiger partial charge in [0.05, 0.1) is 0 Å². The molecule has 0 bridgehead atoms. The lowest BCUT2D eigenvalue weighted by Crippen LogP contribution is -3.00. The fourth-order valence-electron chi connectivity index (χ4n) is 0.924. The van der Waals surface area contributed by atoms with Crippen molar-refractivity contribution in [3.63, 3.8) is 0 Å². The Labute approximate surface area is 91.9 Å². The van der Waals surface area contributed by atoms with Gasteiger partial charge >= 0.3 is 0 Å². The third kappa shape index (κ3) is 7.72. The third-order valence-electron chi connectivity index (χ3n) is 1.55. The monoisotopic (exact) mass is 243 g/mol. The van der Waals surface area contributed by atoms with Gasteiger partial charge in [0, 0.05) is 18.6 Å². The van der Waals surface area contributed by atoms with E-state index < -0.39 is 0 Å². The molecule has 0 aliphatic heterocycles. The molecule has 0 spiro atoms. The summed E-state index contributed by atoms with van der Waals surface area (Å²) in [6.45, 7) is 9.36. The van der Waals surface area contributed by atoms with Crippen LogP contribution in [0.3, 0.4) is 0 Å². The molecule has 0 aromatic carbocycles. The lowest BCUT2D eigenvalue weighted by Gasteiger charge is -1.91. The van der Waals surface area contributed by atoms with Crippen molar-refractivity contribution in [3.05, 3.63) is 43.8 Å². The minimum Gasteiger partial charge on any atom is -1.00 e. The molecule has 74 valence electrons.